The summed E-state index contributed by atoms with van der Waals surface area (Å²) in [7, 11) is 0. The van der Waals surface area contributed by atoms with E-state index < -0.39 is 35.5 Å². The number of hydrogen-bond donors (Lipinski definition) is 2. The van der Waals surface area contributed by atoms with Gasteiger partial charge in [0.1, 0.15) is 23.7 Å². The van der Waals surface area contributed by atoms with Crippen LogP contribution in [0.2, 0.25) is 5.02 Å². The Morgan fingerprint density at radius 1 is 0.897 bits per heavy atom. The van der Waals surface area contributed by atoms with Crippen molar-refractivity contribution < 1.29 is 33.1 Å². The Hall–Kier alpha value is -5.50. The second kappa shape index (κ2) is 16.8. The normalized spacial score (nSPS) is 23.4. The van der Waals surface area contributed by atoms with Gasteiger partial charge in [-0.05, 0) is 81.3 Å². The summed E-state index contributed by atoms with van der Waals surface area (Å²) in [5.74, 6) is -1.99. The van der Waals surface area contributed by atoms with E-state index in [1.54, 1.807) is 24.3 Å². The minimum Gasteiger partial charge on any atom is -0.490 e. The lowest BCUT2D eigenvalue weighted by atomic mass is 9.93. The maximum Gasteiger partial charge on any atom is 0.272 e. The van der Waals surface area contributed by atoms with E-state index in [0.717, 1.165) is 81.5 Å². The Bertz CT molecular complexity index is 2160. The maximum absolute atomic E-state index is 15.3. The Morgan fingerprint density at radius 2 is 1.62 bits per heavy atom. The average molecular weight is 812 g/mol. The molecule has 1 saturated carbocycles. The fourth-order valence-corrected chi connectivity index (χ4v) is 8.91. The smallest absolute Gasteiger partial charge is 0.272 e. The van der Waals surface area contributed by atoms with Crippen LogP contribution < -0.4 is 20.3 Å². The molecule has 4 aliphatic heterocycles. The number of carbonyl (C=O) groups is 5. The number of imide groups is 2. The molecule has 1 aromatic heterocycles. The van der Waals surface area contributed by atoms with Crippen molar-refractivity contribution in [3.05, 3.63) is 81.3 Å². The predicted octanol–water partition coefficient (Wildman–Crippen LogP) is 3.45. The van der Waals surface area contributed by atoms with E-state index in [9.17, 15) is 24.0 Å². The summed E-state index contributed by atoms with van der Waals surface area (Å²) in [6.07, 6.45) is 5.02. The summed E-state index contributed by atoms with van der Waals surface area (Å²) >= 11 is 6.14. The average Bonchev–Trinajstić information content (AvgIpc) is 3.46. The molecule has 5 amide bonds. The van der Waals surface area contributed by atoms with Crippen LogP contribution in [0, 0.1) is 17.1 Å². The van der Waals surface area contributed by atoms with E-state index in [2.05, 4.69) is 35.5 Å². The molecule has 5 aliphatic rings. The molecule has 17 heteroatoms. The van der Waals surface area contributed by atoms with Gasteiger partial charge in [0.25, 0.3) is 17.7 Å². The number of nitrogens with one attached hydrogen (secondary N) is 2. The van der Waals surface area contributed by atoms with Crippen LogP contribution in [0.1, 0.15) is 93.7 Å². The van der Waals surface area contributed by atoms with Crippen molar-refractivity contribution in [2.24, 2.45) is 0 Å². The Morgan fingerprint density at radius 3 is 2.28 bits per heavy atom. The number of benzene rings is 2. The third-order valence-electron chi connectivity index (χ3n) is 12.0. The minimum absolute atomic E-state index is 0.00473. The fourth-order valence-electron chi connectivity index (χ4n) is 8.70. The van der Waals surface area contributed by atoms with Crippen LogP contribution in [-0.2, 0) is 16.1 Å². The van der Waals surface area contributed by atoms with Crippen molar-refractivity contribution in [2.45, 2.75) is 82.1 Å². The Labute approximate surface area is 339 Å². The third-order valence-corrected chi connectivity index (χ3v) is 12.3. The number of rotatable bonds is 9. The van der Waals surface area contributed by atoms with E-state index >= 15 is 4.39 Å². The van der Waals surface area contributed by atoms with Gasteiger partial charge in [0.2, 0.25) is 11.8 Å². The van der Waals surface area contributed by atoms with Crippen LogP contribution in [0.3, 0.4) is 0 Å². The molecule has 2 N–H and O–H groups in total. The quantitative estimate of drug-likeness (QED) is 0.301. The van der Waals surface area contributed by atoms with Crippen LogP contribution >= 0.6 is 11.6 Å². The number of halogens is 2. The number of hydrogen-bond acceptors (Lipinski definition) is 12. The summed E-state index contributed by atoms with van der Waals surface area (Å²) in [5, 5.41) is 23.4. The molecule has 5 heterocycles. The molecular formula is C41H43ClFN9O6. The number of amides is 5. The van der Waals surface area contributed by atoms with Crippen LogP contribution in [0.15, 0.2) is 42.5 Å². The number of anilines is 1. The highest BCUT2D eigenvalue weighted by atomic mass is 35.5. The number of ether oxygens (including phenoxy) is 1. The topological polar surface area (TPSA) is 181 Å². The zero-order valence-corrected chi connectivity index (χ0v) is 32.5. The minimum atomic E-state index is -1.10. The SMILES string of the molecule is N#Cc1ccc(OC2CCC(NC(=O)c3ccc(N4CCC(N5CCN(Cc6cc7c(cc6F)C(=O)N(C6CCC(=O)NC6=O)C7=O)CC5)CC4)nn3)CC2)cc1Cl. The van der Waals surface area contributed by atoms with Gasteiger partial charge in [-0.15, -0.1) is 10.2 Å². The first-order valence-electron chi connectivity index (χ1n) is 19.8. The molecule has 302 valence electrons. The lowest BCUT2D eigenvalue weighted by Gasteiger charge is -2.43. The molecule has 2 aromatic carbocycles. The number of carbonyl (C=O) groups excluding carboxylic acids is 5. The van der Waals surface area contributed by atoms with Crippen molar-refractivity contribution in [3.63, 3.8) is 0 Å². The Balaban J connectivity index is 0.765. The highest BCUT2D eigenvalue weighted by Gasteiger charge is 2.45. The number of nitriles is 1. The van der Waals surface area contributed by atoms with Crippen molar-refractivity contribution in [1.82, 2.24) is 35.5 Å². The third kappa shape index (κ3) is 8.25. The highest BCUT2D eigenvalue weighted by molar-refractivity contribution is 6.31. The van der Waals surface area contributed by atoms with E-state index in [-0.39, 0.29) is 54.3 Å². The van der Waals surface area contributed by atoms with Crippen LogP contribution in [0.5, 0.6) is 5.75 Å². The molecule has 0 bridgehead atoms. The van der Waals surface area contributed by atoms with Gasteiger partial charge in [-0.1, -0.05) is 11.6 Å². The molecule has 1 unspecified atom stereocenters. The molecule has 15 nitrogen and oxygen atoms in total. The van der Waals surface area contributed by atoms with Gasteiger partial charge in [-0.25, -0.2) is 4.39 Å². The van der Waals surface area contributed by atoms with E-state index in [0.29, 0.717) is 41.0 Å². The summed E-state index contributed by atoms with van der Waals surface area (Å²) in [6.45, 7) is 4.92. The van der Waals surface area contributed by atoms with Gasteiger partial charge in [-0.2, -0.15) is 5.26 Å². The highest BCUT2D eigenvalue weighted by Crippen LogP contribution is 2.31. The lowest BCUT2D eigenvalue weighted by Crippen LogP contribution is -2.54. The second-order valence-electron chi connectivity index (χ2n) is 15.6. The summed E-state index contributed by atoms with van der Waals surface area (Å²) in [6, 6.07) is 12.5. The molecule has 0 radical (unpaired) electrons. The van der Waals surface area contributed by atoms with Crippen molar-refractivity contribution >= 4 is 47.0 Å². The number of aromatic nitrogens is 2. The van der Waals surface area contributed by atoms with Gasteiger partial charge >= 0.3 is 0 Å². The first-order valence-corrected chi connectivity index (χ1v) is 20.2. The van der Waals surface area contributed by atoms with Crippen LogP contribution in [0.4, 0.5) is 10.2 Å². The molecule has 1 aliphatic carbocycles. The first-order chi connectivity index (χ1) is 28.0. The molecule has 1 atom stereocenters. The molecule has 8 rings (SSSR count). The van der Waals surface area contributed by atoms with E-state index in [4.69, 9.17) is 21.6 Å². The summed E-state index contributed by atoms with van der Waals surface area (Å²) in [4.78, 5) is 71.0. The van der Waals surface area contributed by atoms with Crippen molar-refractivity contribution in [3.8, 4) is 11.8 Å². The molecular weight excluding hydrogens is 769 g/mol. The maximum atomic E-state index is 15.3. The number of piperazine rings is 1. The van der Waals surface area contributed by atoms with E-state index in [1.807, 2.05) is 12.1 Å². The second-order valence-corrected chi connectivity index (χ2v) is 16.0. The fraction of sp³-hybridized carbons (Fsp3) is 0.463. The van der Waals surface area contributed by atoms with Crippen LogP contribution in [-0.4, -0.2) is 118 Å². The molecule has 0 spiro atoms. The van der Waals surface area contributed by atoms with Gasteiger partial charge in [0, 0.05) is 75.9 Å². The zero-order chi connectivity index (χ0) is 40.5. The van der Waals surface area contributed by atoms with Crippen molar-refractivity contribution in [1.29, 1.82) is 5.26 Å². The number of fused-ring (bicyclic) bond motifs is 1. The Kier molecular flexibility index (Phi) is 11.4. The monoisotopic (exact) mass is 811 g/mol. The summed E-state index contributed by atoms with van der Waals surface area (Å²) in [5.41, 5.74) is 1.01. The molecule has 58 heavy (non-hydrogen) atoms. The molecule has 4 fully saturated rings. The van der Waals surface area contributed by atoms with Crippen LogP contribution in [0.25, 0.3) is 0 Å². The molecule has 3 saturated heterocycles. The lowest BCUT2D eigenvalue weighted by molar-refractivity contribution is -0.136. The molecule has 3 aromatic rings. The van der Waals surface area contributed by atoms with Gasteiger partial charge in [0.05, 0.1) is 27.8 Å². The summed E-state index contributed by atoms with van der Waals surface area (Å²) < 4.78 is 21.4. The number of nitrogens with zero attached hydrogens (tertiary/aromatic N) is 7. The van der Waals surface area contributed by atoms with Crippen molar-refractivity contribution in [2.75, 3.05) is 44.2 Å². The largest absolute Gasteiger partial charge is 0.490 e. The van der Waals surface area contributed by atoms with Gasteiger partial charge in [0.15, 0.2) is 11.5 Å². The first kappa shape index (κ1) is 39.3. The van der Waals surface area contributed by atoms with Gasteiger partial charge < -0.3 is 15.0 Å². The van der Waals surface area contributed by atoms with Gasteiger partial charge in [-0.3, -0.25) is 44.0 Å². The van der Waals surface area contributed by atoms with E-state index in [1.165, 1.54) is 6.07 Å². The zero-order valence-electron chi connectivity index (χ0n) is 31.8. The predicted molar refractivity (Wildman–Crippen MR) is 207 cm³/mol. The number of piperidine rings is 2. The standard InChI is InChI=1S/C41H43ClFN9O6/c42-32-20-29(4-1-24(32)22-44)58-28-5-2-26(3-6-28)45-38(54)34-7-9-36(48-47-34)51-13-11-27(12-14-51)50-17-15-49(16-18-50)23-25-19-30-31(21-33(25)43)41(57)52(40(30)56)35-8-10-37(53)46-39(35)55/h1,4,7,9,19-21,26-28,35H,2-3,5-6,8,10-18,23H2,(H,45,54)(H,46,53,55).